The lowest BCUT2D eigenvalue weighted by atomic mass is 10.1. The van der Waals surface area contributed by atoms with Crippen LogP contribution in [0, 0.1) is 17.5 Å². The summed E-state index contributed by atoms with van der Waals surface area (Å²) >= 11 is 11.9. The molecule has 3 nitrogen and oxygen atoms in total. The van der Waals surface area contributed by atoms with Gasteiger partial charge in [-0.1, -0.05) is 35.3 Å². The van der Waals surface area contributed by atoms with Crippen molar-refractivity contribution in [3.8, 4) is 11.4 Å². The Morgan fingerprint density at radius 3 is 2.33 bits per heavy atom. The van der Waals surface area contributed by atoms with Crippen molar-refractivity contribution >= 4 is 23.2 Å². The van der Waals surface area contributed by atoms with Crippen LogP contribution in [0.15, 0.2) is 36.4 Å². The van der Waals surface area contributed by atoms with Gasteiger partial charge >= 0.3 is 0 Å². The molecule has 8 heteroatoms. The van der Waals surface area contributed by atoms with Gasteiger partial charge in [0.25, 0.3) is 0 Å². The Balaban J connectivity index is 2.06. The SMILES string of the molecule is OC(c1ccc(F)cc1Cl)c1[nH]c(-c2c(F)cccc2F)nc1Cl. The molecule has 0 saturated heterocycles. The minimum absolute atomic E-state index is 0.0113. The summed E-state index contributed by atoms with van der Waals surface area (Å²) in [6.07, 6.45) is -1.37. The van der Waals surface area contributed by atoms with E-state index in [0.29, 0.717) is 0 Å². The molecule has 0 fully saturated rings. The van der Waals surface area contributed by atoms with E-state index in [1.54, 1.807) is 0 Å². The molecule has 1 heterocycles. The van der Waals surface area contributed by atoms with Gasteiger partial charge in [-0.25, -0.2) is 18.2 Å². The van der Waals surface area contributed by atoms with Crippen molar-refractivity contribution in [2.24, 2.45) is 0 Å². The van der Waals surface area contributed by atoms with Gasteiger partial charge in [0.2, 0.25) is 0 Å². The average molecular weight is 373 g/mol. The molecule has 2 N–H and O–H groups in total. The van der Waals surface area contributed by atoms with Gasteiger partial charge in [0.1, 0.15) is 29.4 Å². The molecule has 0 aliphatic heterocycles. The summed E-state index contributed by atoms with van der Waals surface area (Å²) in [6.45, 7) is 0. The molecule has 1 atom stereocenters. The molecule has 0 spiro atoms. The normalized spacial score (nSPS) is 12.4. The summed E-state index contributed by atoms with van der Waals surface area (Å²) in [5.41, 5.74) is -0.241. The van der Waals surface area contributed by atoms with Crippen LogP contribution in [0.2, 0.25) is 10.2 Å². The van der Waals surface area contributed by atoms with Crippen LogP contribution in [-0.2, 0) is 0 Å². The number of aromatic amines is 1. The zero-order valence-electron chi connectivity index (χ0n) is 11.8. The van der Waals surface area contributed by atoms with Crippen LogP contribution in [0.25, 0.3) is 11.4 Å². The fraction of sp³-hybridized carbons (Fsp3) is 0.0625. The molecule has 0 aliphatic carbocycles. The molecule has 0 amide bonds. The van der Waals surface area contributed by atoms with Gasteiger partial charge < -0.3 is 10.1 Å². The van der Waals surface area contributed by atoms with Gasteiger partial charge in [-0.3, -0.25) is 0 Å². The maximum atomic E-state index is 13.8. The van der Waals surface area contributed by atoms with Gasteiger partial charge in [-0.2, -0.15) is 0 Å². The smallest absolute Gasteiger partial charge is 0.153 e. The molecule has 0 aliphatic rings. The Bertz CT molecular complexity index is 894. The maximum Gasteiger partial charge on any atom is 0.153 e. The standard InChI is InChI=1S/C16H9Cl2F3N2O/c17-9-6-7(19)4-5-8(9)14(24)13-15(18)23-16(22-13)12-10(20)2-1-3-11(12)21/h1-6,14,24H,(H,22,23). The van der Waals surface area contributed by atoms with E-state index in [9.17, 15) is 18.3 Å². The van der Waals surface area contributed by atoms with Crippen molar-refractivity contribution < 1.29 is 18.3 Å². The number of benzene rings is 2. The molecular weight excluding hydrogens is 364 g/mol. The predicted molar refractivity (Wildman–Crippen MR) is 84.4 cm³/mol. The van der Waals surface area contributed by atoms with Crippen LogP contribution in [0.4, 0.5) is 13.2 Å². The van der Waals surface area contributed by atoms with Crippen LogP contribution < -0.4 is 0 Å². The van der Waals surface area contributed by atoms with E-state index in [4.69, 9.17) is 23.2 Å². The molecule has 0 radical (unpaired) electrons. The Morgan fingerprint density at radius 2 is 1.71 bits per heavy atom. The van der Waals surface area contributed by atoms with Gasteiger partial charge in [-0.15, -0.1) is 0 Å². The van der Waals surface area contributed by atoms with E-state index in [-0.39, 0.29) is 27.3 Å². The number of hydrogen-bond donors (Lipinski definition) is 2. The first-order chi connectivity index (χ1) is 11.4. The lowest BCUT2D eigenvalue weighted by Crippen LogP contribution is -2.02. The van der Waals surface area contributed by atoms with Crippen LogP contribution in [0.5, 0.6) is 0 Å². The molecular formula is C16H9Cl2F3N2O. The Morgan fingerprint density at radius 1 is 1.04 bits per heavy atom. The van der Waals surface area contributed by atoms with Crippen molar-refractivity contribution in [1.29, 1.82) is 0 Å². The molecule has 3 aromatic rings. The molecule has 1 unspecified atom stereocenters. The Kier molecular flexibility index (Phi) is 4.54. The lowest BCUT2D eigenvalue weighted by Gasteiger charge is -2.11. The van der Waals surface area contributed by atoms with E-state index in [1.807, 2.05) is 0 Å². The largest absolute Gasteiger partial charge is 0.382 e. The minimum Gasteiger partial charge on any atom is -0.382 e. The second-order valence-electron chi connectivity index (χ2n) is 4.95. The van der Waals surface area contributed by atoms with Gasteiger partial charge in [-0.05, 0) is 24.3 Å². The number of H-pyrrole nitrogens is 1. The molecule has 0 saturated carbocycles. The zero-order valence-corrected chi connectivity index (χ0v) is 13.3. The number of hydrogen-bond acceptors (Lipinski definition) is 2. The third-order valence-electron chi connectivity index (χ3n) is 3.42. The maximum absolute atomic E-state index is 13.8. The van der Waals surface area contributed by atoms with Crippen LogP contribution >= 0.6 is 23.2 Å². The van der Waals surface area contributed by atoms with Crippen molar-refractivity contribution in [3.05, 3.63) is 75.3 Å². The number of nitrogens with one attached hydrogen (secondary N) is 1. The van der Waals surface area contributed by atoms with E-state index in [2.05, 4.69) is 9.97 Å². The van der Waals surface area contributed by atoms with E-state index < -0.39 is 29.1 Å². The van der Waals surface area contributed by atoms with Crippen LogP contribution in [0.1, 0.15) is 17.4 Å². The average Bonchev–Trinajstić information content (AvgIpc) is 2.88. The Hall–Kier alpha value is -2.02. The highest BCUT2D eigenvalue weighted by Crippen LogP contribution is 2.34. The quantitative estimate of drug-likeness (QED) is 0.687. The summed E-state index contributed by atoms with van der Waals surface area (Å²) in [5, 5.41) is 10.2. The topological polar surface area (TPSA) is 48.9 Å². The van der Waals surface area contributed by atoms with Crippen molar-refractivity contribution in [1.82, 2.24) is 9.97 Å². The number of imidazole rings is 1. The van der Waals surface area contributed by atoms with E-state index in [0.717, 1.165) is 24.3 Å². The third kappa shape index (κ3) is 3.00. The fourth-order valence-electron chi connectivity index (χ4n) is 2.27. The lowest BCUT2D eigenvalue weighted by molar-refractivity contribution is 0.216. The first-order valence-corrected chi connectivity index (χ1v) is 7.47. The summed E-state index contributed by atoms with van der Waals surface area (Å²) in [5.74, 6) is -2.41. The number of halogens is 5. The number of rotatable bonds is 3. The molecule has 0 bridgehead atoms. The predicted octanol–water partition coefficient (Wildman–Crippen LogP) is 4.88. The van der Waals surface area contributed by atoms with Gasteiger partial charge in [0.15, 0.2) is 5.15 Å². The number of nitrogens with zero attached hydrogens (tertiary/aromatic N) is 1. The van der Waals surface area contributed by atoms with Crippen molar-refractivity contribution in [3.63, 3.8) is 0 Å². The van der Waals surface area contributed by atoms with Gasteiger partial charge in [0.05, 0.1) is 11.3 Å². The van der Waals surface area contributed by atoms with Gasteiger partial charge in [0, 0.05) is 10.6 Å². The van der Waals surface area contributed by atoms with Crippen molar-refractivity contribution in [2.45, 2.75) is 6.10 Å². The van der Waals surface area contributed by atoms with E-state index >= 15 is 0 Å². The Labute approximate surface area is 144 Å². The molecule has 124 valence electrons. The number of aliphatic hydroxyl groups excluding tert-OH is 1. The molecule has 24 heavy (non-hydrogen) atoms. The zero-order chi connectivity index (χ0) is 17.4. The van der Waals surface area contributed by atoms with Crippen LogP contribution in [-0.4, -0.2) is 15.1 Å². The summed E-state index contributed by atoms with van der Waals surface area (Å²) < 4.78 is 40.8. The highest BCUT2D eigenvalue weighted by molar-refractivity contribution is 6.31. The first kappa shape index (κ1) is 16.8. The fourth-order valence-corrected chi connectivity index (χ4v) is 2.77. The van der Waals surface area contributed by atoms with Crippen LogP contribution in [0.3, 0.4) is 0 Å². The first-order valence-electron chi connectivity index (χ1n) is 6.71. The minimum atomic E-state index is -1.37. The molecule has 3 rings (SSSR count). The highest BCUT2D eigenvalue weighted by Gasteiger charge is 2.23. The summed E-state index contributed by atoms with van der Waals surface area (Å²) in [4.78, 5) is 6.44. The van der Waals surface area contributed by atoms with E-state index in [1.165, 1.54) is 12.1 Å². The third-order valence-corrected chi connectivity index (χ3v) is 4.03. The number of aromatic nitrogens is 2. The second-order valence-corrected chi connectivity index (χ2v) is 5.72. The summed E-state index contributed by atoms with van der Waals surface area (Å²) in [6, 6.07) is 6.78. The summed E-state index contributed by atoms with van der Waals surface area (Å²) in [7, 11) is 0. The molecule has 1 aromatic heterocycles. The van der Waals surface area contributed by atoms with Crippen molar-refractivity contribution in [2.75, 3.05) is 0 Å². The second kappa shape index (κ2) is 6.47. The molecule has 2 aromatic carbocycles. The monoisotopic (exact) mass is 372 g/mol. The highest BCUT2D eigenvalue weighted by atomic mass is 35.5. The number of aliphatic hydroxyl groups is 1.